The molecule has 1 aliphatic rings. The van der Waals surface area contributed by atoms with Crippen LogP contribution in [0.15, 0.2) is 41.6 Å². The minimum atomic E-state index is -0.322. The highest BCUT2D eigenvalue weighted by Gasteiger charge is 2.30. The second-order valence-electron chi connectivity index (χ2n) is 8.84. The van der Waals surface area contributed by atoms with Gasteiger partial charge in [0, 0.05) is 24.4 Å². The van der Waals surface area contributed by atoms with Crippen LogP contribution in [0.5, 0.6) is 0 Å². The Balaban J connectivity index is 1.54. The van der Waals surface area contributed by atoms with Crippen LogP contribution in [0, 0.1) is 0 Å². The number of thioether (sulfide) groups is 1. The van der Waals surface area contributed by atoms with Crippen LogP contribution in [0.4, 0.5) is 5.82 Å². The van der Waals surface area contributed by atoms with Crippen molar-refractivity contribution in [3.8, 4) is 5.69 Å². The fraction of sp³-hybridized carbons (Fsp3) is 0.455. The van der Waals surface area contributed by atoms with Crippen molar-refractivity contribution in [1.82, 2.24) is 24.5 Å². The number of para-hydroxylation sites is 1. The highest BCUT2D eigenvalue weighted by Crippen LogP contribution is 2.39. The summed E-state index contributed by atoms with van der Waals surface area (Å²) in [5.41, 5.74) is 1.70. The number of nitrogens with zero attached hydrogens (tertiary/aromatic N) is 5. The molecule has 1 saturated carbocycles. The van der Waals surface area contributed by atoms with Crippen molar-refractivity contribution in [2.45, 2.75) is 62.3 Å². The predicted molar refractivity (Wildman–Crippen MR) is 119 cm³/mol. The first kappa shape index (κ1) is 20.7. The fourth-order valence-electron chi connectivity index (χ4n) is 3.17. The maximum absolute atomic E-state index is 13.0. The zero-order valence-corrected chi connectivity index (χ0v) is 18.9. The van der Waals surface area contributed by atoms with Gasteiger partial charge in [0.2, 0.25) is 5.91 Å². The molecular formula is C22H28N6OS. The average molecular weight is 425 g/mol. The topological polar surface area (TPSA) is 77.6 Å². The number of anilines is 1. The maximum Gasteiger partial charge on any atom is 0.238 e. The molecule has 7 nitrogen and oxygen atoms in total. The average Bonchev–Trinajstić information content (AvgIpc) is 3.35. The Morgan fingerprint density at radius 1 is 1.20 bits per heavy atom. The van der Waals surface area contributed by atoms with Gasteiger partial charge in [-0.2, -0.15) is 5.10 Å². The second-order valence-corrected chi connectivity index (χ2v) is 10.1. The minimum absolute atomic E-state index is 0.0893. The number of hydrogen-bond acceptors (Lipinski definition) is 5. The van der Waals surface area contributed by atoms with Crippen LogP contribution in [0.25, 0.3) is 5.69 Å². The van der Waals surface area contributed by atoms with E-state index in [1.165, 1.54) is 24.6 Å². The number of carbonyl (C=O) groups excluding carboxylic acids is 1. The lowest BCUT2D eigenvalue weighted by molar-refractivity contribution is -0.115. The molecule has 1 fully saturated rings. The van der Waals surface area contributed by atoms with Crippen LogP contribution >= 0.6 is 11.8 Å². The fourth-order valence-corrected chi connectivity index (χ4v) is 3.99. The first-order valence-corrected chi connectivity index (χ1v) is 11.1. The molecule has 1 unspecified atom stereocenters. The normalized spacial score (nSPS) is 15.2. The summed E-state index contributed by atoms with van der Waals surface area (Å²) in [5, 5.41) is 16.9. The van der Waals surface area contributed by atoms with E-state index in [0.717, 1.165) is 22.4 Å². The van der Waals surface area contributed by atoms with Gasteiger partial charge < -0.3 is 9.88 Å². The number of carbonyl (C=O) groups is 1. The monoisotopic (exact) mass is 424 g/mol. The molecule has 4 rings (SSSR count). The van der Waals surface area contributed by atoms with Crippen molar-refractivity contribution in [2.75, 3.05) is 5.32 Å². The Kier molecular flexibility index (Phi) is 5.44. The summed E-state index contributed by atoms with van der Waals surface area (Å²) in [4.78, 5) is 13.0. The number of rotatable bonds is 6. The van der Waals surface area contributed by atoms with Crippen molar-refractivity contribution in [3.63, 3.8) is 0 Å². The lowest BCUT2D eigenvalue weighted by Crippen LogP contribution is -2.24. The molecule has 3 aromatic rings. The third kappa shape index (κ3) is 4.28. The van der Waals surface area contributed by atoms with Crippen molar-refractivity contribution in [3.05, 3.63) is 47.9 Å². The van der Waals surface area contributed by atoms with Gasteiger partial charge in [-0.15, -0.1) is 10.2 Å². The van der Waals surface area contributed by atoms with E-state index in [9.17, 15) is 4.79 Å². The van der Waals surface area contributed by atoms with Crippen LogP contribution in [-0.4, -0.2) is 35.7 Å². The number of nitrogens with one attached hydrogen (secondary N) is 1. The Hall–Kier alpha value is -2.61. The summed E-state index contributed by atoms with van der Waals surface area (Å²) >= 11 is 1.43. The summed E-state index contributed by atoms with van der Waals surface area (Å²) in [5.74, 6) is 2.12. The van der Waals surface area contributed by atoms with E-state index in [1.54, 1.807) is 4.68 Å². The molecule has 158 valence electrons. The second kappa shape index (κ2) is 7.91. The molecule has 0 saturated heterocycles. The SMILES string of the molecule is CC(Sc1nnc(C2CC2)n1C)C(=O)Nc1cc(C(C)(C)C)nn1-c1ccccc1. The molecule has 1 aliphatic carbocycles. The van der Waals surface area contributed by atoms with E-state index < -0.39 is 0 Å². The Morgan fingerprint density at radius 2 is 1.90 bits per heavy atom. The number of amides is 1. The zero-order valence-electron chi connectivity index (χ0n) is 18.1. The molecule has 1 aromatic carbocycles. The highest BCUT2D eigenvalue weighted by atomic mass is 32.2. The van der Waals surface area contributed by atoms with Gasteiger partial charge in [-0.1, -0.05) is 50.7 Å². The highest BCUT2D eigenvalue weighted by molar-refractivity contribution is 8.00. The van der Waals surface area contributed by atoms with Crippen molar-refractivity contribution in [2.24, 2.45) is 7.05 Å². The quantitative estimate of drug-likeness (QED) is 0.597. The predicted octanol–water partition coefficient (Wildman–Crippen LogP) is 4.30. The largest absolute Gasteiger partial charge is 0.310 e. The van der Waals surface area contributed by atoms with E-state index >= 15 is 0 Å². The van der Waals surface area contributed by atoms with E-state index in [2.05, 4.69) is 36.3 Å². The summed E-state index contributed by atoms with van der Waals surface area (Å²) < 4.78 is 3.81. The number of hydrogen-bond donors (Lipinski definition) is 1. The molecule has 0 spiro atoms. The number of benzene rings is 1. The van der Waals surface area contributed by atoms with Gasteiger partial charge in [0.25, 0.3) is 0 Å². The molecule has 2 heterocycles. The Labute approximate surface area is 181 Å². The lowest BCUT2D eigenvalue weighted by atomic mass is 9.92. The first-order chi connectivity index (χ1) is 14.2. The van der Waals surface area contributed by atoms with Gasteiger partial charge >= 0.3 is 0 Å². The maximum atomic E-state index is 13.0. The molecule has 1 atom stereocenters. The molecule has 0 radical (unpaired) electrons. The van der Waals surface area contributed by atoms with Gasteiger partial charge in [-0.25, -0.2) is 4.68 Å². The van der Waals surface area contributed by atoms with Gasteiger partial charge in [0.15, 0.2) is 5.16 Å². The third-order valence-corrected chi connectivity index (χ3v) is 6.33. The number of aromatic nitrogens is 5. The molecule has 8 heteroatoms. The smallest absolute Gasteiger partial charge is 0.238 e. The van der Waals surface area contributed by atoms with Crippen LogP contribution in [0.2, 0.25) is 0 Å². The molecule has 1 amide bonds. The summed E-state index contributed by atoms with van der Waals surface area (Å²) in [6.07, 6.45) is 2.35. The van der Waals surface area contributed by atoms with Gasteiger partial charge in [0.05, 0.1) is 16.6 Å². The standard InChI is InChI=1S/C22H28N6OS/c1-14(30-21-25-24-19(27(21)5)15-11-12-15)20(29)23-18-13-17(22(2,3)4)26-28(18)16-9-7-6-8-10-16/h6-10,13-15H,11-12H2,1-5H3,(H,23,29). The summed E-state index contributed by atoms with van der Waals surface area (Å²) in [6, 6.07) is 11.8. The lowest BCUT2D eigenvalue weighted by Gasteiger charge is -2.14. The van der Waals surface area contributed by atoms with E-state index in [4.69, 9.17) is 5.10 Å². The van der Waals surface area contributed by atoms with Crippen LogP contribution in [0.1, 0.15) is 58.0 Å². The van der Waals surface area contributed by atoms with E-state index in [0.29, 0.717) is 11.7 Å². The third-order valence-electron chi connectivity index (χ3n) is 5.19. The Morgan fingerprint density at radius 3 is 2.53 bits per heavy atom. The zero-order chi connectivity index (χ0) is 21.5. The van der Waals surface area contributed by atoms with Gasteiger partial charge in [-0.3, -0.25) is 4.79 Å². The van der Waals surface area contributed by atoms with E-state index in [-0.39, 0.29) is 16.6 Å². The first-order valence-electron chi connectivity index (χ1n) is 10.3. The molecule has 0 aliphatic heterocycles. The van der Waals surface area contributed by atoms with Crippen LogP contribution in [-0.2, 0) is 17.3 Å². The summed E-state index contributed by atoms with van der Waals surface area (Å²) in [6.45, 7) is 8.22. The van der Waals surface area contributed by atoms with E-state index in [1.807, 2.05) is 54.9 Å². The van der Waals surface area contributed by atoms with Crippen molar-refractivity contribution >= 4 is 23.5 Å². The van der Waals surface area contributed by atoms with Crippen LogP contribution in [0.3, 0.4) is 0 Å². The minimum Gasteiger partial charge on any atom is -0.310 e. The molecular weight excluding hydrogens is 396 g/mol. The van der Waals surface area contributed by atoms with Gasteiger partial charge in [0.1, 0.15) is 11.6 Å². The van der Waals surface area contributed by atoms with Crippen molar-refractivity contribution < 1.29 is 4.79 Å². The van der Waals surface area contributed by atoms with Gasteiger partial charge in [-0.05, 0) is 31.9 Å². The van der Waals surface area contributed by atoms with Crippen molar-refractivity contribution in [1.29, 1.82) is 0 Å². The summed E-state index contributed by atoms with van der Waals surface area (Å²) in [7, 11) is 1.97. The van der Waals surface area contributed by atoms with Crippen LogP contribution < -0.4 is 5.32 Å². The molecule has 1 N–H and O–H groups in total. The molecule has 0 bridgehead atoms. The molecule has 30 heavy (non-hydrogen) atoms. The Bertz CT molecular complexity index is 1050. The molecule has 2 aromatic heterocycles.